The van der Waals surface area contributed by atoms with Gasteiger partial charge in [-0.1, -0.05) is 6.07 Å². The molecule has 0 aliphatic heterocycles. The lowest BCUT2D eigenvalue weighted by Crippen LogP contribution is -1.98. The van der Waals surface area contributed by atoms with Crippen LogP contribution in [0.4, 0.5) is 0 Å². The zero-order valence-corrected chi connectivity index (χ0v) is 7.73. The molecule has 0 N–H and O–H groups in total. The Morgan fingerprint density at radius 1 is 1.08 bits per heavy atom. The van der Waals surface area contributed by atoms with Gasteiger partial charge in [-0.05, 0) is 32.0 Å². The van der Waals surface area contributed by atoms with E-state index in [-0.39, 0.29) is 0 Å². The summed E-state index contributed by atoms with van der Waals surface area (Å²) in [7, 11) is 0. The number of aryl methyl sites for hydroxylation is 2. The van der Waals surface area contributed by atoms with Crippen molar-refractivity contribution in [3.63, 3.8) is 0 Å². The molecule has 0 aromatic carbocycles. The van der Waals surface area contributed by atoms with Gasteiger partial charge in [-0.3, -0.25) is 0 Å². The van der Waals surface area contributed by atoms with Gasteiger partial charge in [0.1, 0.15) is 0 Å². The molecule has 3 heteroatoms. The summed E-state index contributed by atoms with van der Waals surface area (Å²) in [6.45, 7) is 3.94. The first-order chi connectivity index (χ1) is 6.25. The summed E-state index contributed by atoms with van der Waals surface area (Å²) in [6, 6.07) is 7.86. The molecule has 13 heavy (non-hydrogen) atoms. The van der Waals surface area contributed by atoms with Crippen LogP contribution in [0.25, 0.3) is 5.82 Å². The molecule has 0 bridgehead atoms. The van der Waals surface area contributed by atoms with Gasteiger partial charge in [-0.2, -0.15) is 5.10 Å². The molecule has 0 radical (unpaired) electrons. The van der Waals surface area contributed by atoms with Crippen LogP contribution in [0, 0.1) is 13.8 Å². The highest BCUT2D eigenvalue weighted by molar-refractivity contribution is 5.23. The van der Waals surface area contributed by atoms with Crippen molar-refractivity contribution in [2.24, 2.45) is 0 Å². The van der Waals surface area contributed by atoms with Crippen molar-refractivity contribution in [3.8, 4) is 5.82 Å². The Morgan fingerprint density at radius 3 is 2.54 bits per heavy atom. The molecule has 2 rings (SSSR count). The van der Waals surface area contributed by atoms with Crippen molar-refractivity contribution in [1.29, 1.82) is 0 Å². The molecule has 0 fully saturated rings. The molecule has 2 heterocycles. The second-order valence-electron chi connectivity index (χ2n) is 3.04. The summed E-state index contributed by atoms with van der Waals surface area (Å²) in [5, 5.41) is 4.28. The Morgan fingerprint density at radius 2 is 1.92 bits per heavy atom. The third-order valence-corrected chi connectivity index (χ3v) is 1.83. The first kappa shape index (κ1) is 7.98. The minimum Gasteiger partial charge on any atom is -0.234 e. The van der Waals surface area contributed by atoms with Crippen LogP contribution in [0.15, 0.2) is 30.5 Å². The maximum absolute atomic E-state index is 4.36. The quantitative estimate of drug-likeness (QED) is 0.659. The van der Waals surface area contributed by atoms with Crippen molar-refractivity contribution in [2.45, 2.75) is 13.8 Å². The van der Waals surface area contributed by atoms with Crippen LogP contribution in [0.1, 0.15) is 11.4 Å². The molecule has 0 aliphatic rings. The van der Waals surface area contributed by atoms with Crippen LogP contribution in [-0.4, -0.2) is 14.8 Å². The van der Waals surface area contributed by atoms with Crippen molar-refractivity contribution in [1.82, 2.24) is 14.8 Å². The minimum atomic E-state index is 0.869. The molecule has 0 unspecified atom stereocenters. The molecule has 0 aliphatic carbocycles. The Hall–Kier alpha value is -1.64. The van der Waals surface area contributed by atoms with Crippen LogP contribution < -0.4 is 0 Å². The highest BCUT2D eigenvalue weighted by atomic mass is 15.3. The second-order valence-corrected chi connectivity index (χ2v) is 3.04. The maximum atomic E-state index is 4.36. The normalized spacial score (nSPS) is 10.3. The fraction of sp³-hybridized carbons (Fsp3) is 0.200. The van der Waals surface area contributed by atoms with E-state index < -0.39 is 0 Å². The van der Waals surface area contributed by atoms with E-state index in [9.17, 15) is 0 Å². The first-order valence-electron chi connectivity index (χ1n) is 4.22. The van der Waals surface area contributed by atoms with E-state index >= 15 is 0 Å². The van der Waals surface area contributed by atoms with E-state index in [1.807, 2.05) is 44.3 Å². The number of aromatic nitrogens is 3. The van der Waals surface area contributed by atoms with E-state index in [2.05, 4.69) is 10.1 Å². The maximum Gasteiger partial charge on any atom is 0.153 e. The molecule has 0 spiro atoms. The van der Waals surface area contributed by atoms with E-state index in [4.69, 9.17) is 0 Å². The molecule has 0 saturated heterocycles. The first-order valence-corrected chi connectivity index (χ1v) is 4.22. The van der Waals surface area contributed by atoms with E-state index in [1.165, 1.54) is 0 Å². The lowest BCUT2D eigenvalue weighted by Gasteiger charge is -2.00. The lowest BCUT2D eigenvalue weighted by atomic mass is 10.4. The van der Waals surface area contributed by atoms with Gasteiger partial charge >= 0.3 is 0 Å². The Kier molecular flexibility index (Phi) is 1.85. The molecule has 2 aromatic heterocycles. The van der Waals surface area contributed by atoms with Crippen LogP contribution >= 0.6 is 0 Å². The molecule has 66 valence electrons. The van der Waals surface area contributed by atoms with Gasteiger partial charge in [-0.15, -0.1) is 0 Å². The fourth-order valence-corrected chi connectivity index (χ4v) is 1.20. The zero-order chi connectivity index (χ0) is 9.26. The smallest absolute Gasteiger partial charge is 0.153 e. The zero-order valence-electron chi connectivity index (χ0n) is 7.73. The van der Waals surface area contributed by atoms with E-state index in [0.717, 1.165) is 17.2 Å². The standard InChI is InChI=1S/C10H11N3/c1-8-4-3-5-10(11-8)13-7-6-9(2)12-13/h3-7H,1-2H3. The summed E-state index contributed by atoms with van der Waals surface area (Å²) >= 11 is 0. The lowest BCUT2D eigenvalue weighted by molar-refractivity contribution is 0.827. The molecule has 2 aromatic rings. The number of rotatable bonds is 1. The predicted molar refractivity (Wildman–Crippen MR) is 50.8 cm³/mol. The number of hydrogen-bond donors (Lipinski definition) is 0. The van der Waals surface area contributed by atoms with Crippen LogP contribution in [0.2, 0.25) is 0 Å². The van der Waals surface area contributed by atoms with Gasteiger partial charge in [0.15, 0.2) is 5.82 Å². The minimum absolute atomic E-state index is 0.869. The van der Waals surface area contributed by atoms with Crippen LogP contribution in [-0.2, 0) is 0 Å². The van der Waals surface area contributed by atoms with Crippen LogP contribution in [0.3, 0.4) is 0 Å². The highest BCUT2D eigenvalue weighted by Gasteiger charge is 1.98. The Labute approximate surface area is 77.0 Å². The molecule has 3 nitrogen and oxygen atoms in total. The molecule has 0 saturated carbocycles. The topological polar surface area (TPSA) is 30.7 Å². The predicted octanol–water partition coefficient (Wildman–Crippen LogP) is 1.88. The number of pyridine rings is 1. The molecular weight excluding hydrogens is 162 g/mol. The monoisotopic (exact) mass is 173 g/mol. The summed E-state index contributed by atoms with van der Waals surface area (Å²) in [6.07, 6.45) is 1.91. The average Bonchev–Trinajstić information content (AvgIpc) is 2.52. The summed E-state index contributed by atoms with van der Waals surface area (Å²) < 4.78 is 1.78. The van der Waals surface area contributed by atoms with Gasteiger partial charge < -0.3 is 0 Å². The van der Waals surface area contributed by atoms with Gasteiger partial charge in [0.2, 0.25) is 0 Å². The summed E-state index contributed by atoms with van der Waals surface area (Å²) in [4.78, 5) is 4.36. The van der Waals surface area contributed by atoms with Gasteiger partial charge in [0.25, 0.3) is 0 Å². The van der Waals surface area contributed by atoms with Gasteiger partial charge in [-0.25, -0.2) is 9.67 Å². The molecule has 0 amide bonds. The Bertz CT molecular complexity index is 418. The van der Waals surface area contributed by atoms with Crippen molar-refractivity contribution in [2.75, 3.05) is 0 Å². The van der Waals surface area contributed by atoms with Gasteiger partial charge in [0, 0.05) is 11.9 Å². The van der Waals surface area contributed by atoms with E-state index in [0.29, 0.717) is 0 Å². The Balaban J connectivity index is 2.46. The third kappa shape index (κ3) is 1.59. The van der Waals surface area contributed by atoms with E-state index in [1.54, 1.807) is 4.68 Å². The van der Waals surface area contributed by atoms with Crippen molar-refractivity contribution in [3.05, 3.63) is 41.9 Å². The van der Waals surface area contributed by atoms with Crippen molar-refractivity contribution >= 4 is 0 Å². The van der Waals surface area contributed by atoms with Crippen molar-refractivity contribution < 1.29 is 0 Å². The van der Waals surface area contributed by atoms with Gasteiger partial charge in [0.05, 0.1) is 5.69 Å². The SMILES string of the molecule is Cc1cccc(-n2ccc(C)n2)n1. The fourth-order valence-electron chi connectivity index (χ4n) is 1.20. The van der Waals surface area contributed by atoms with Crippen LogP contribution in [0.5, 0.6) is 0 Å². The summed E-state index contributed by atoms with van der Waals surface area (Å²) in [5.74, 6) is 0.869. The number of hydrogen-bond acceptors (Lipinski definition) is 2. The molecular formula is C10H11N3. The second kappa shape index (κ2) is 3.01. The average molecular weight is 173 g/mol. The number of nitrogens with zero attached hydrogens (tertiary/aromatic N) is 3. The third-order valence-electron chi connectivity index (χ3n) is 1.83. The highest BCUT2D eigenvalue weighted by Crippen LogP contribution is 2.04. The molecule has 0 atom stereocenters. The summed E-state index contributed by atoms with van der Waals surface area (Å²) in [5.41, 5.74) is 2.01. The largest absolute Gasteiger partial charge is 0.234 e.